The van der Waals surface area contributed by atoms with Crippen LogP contribution in [0.15, 0.2) is 47.4 Å². The van der Waals surface area contributed by atoms with E-state index < -0.39 is 15.8 Å². The van der Waals surface area contributed by atoms with E-state index in [1.807, 2.05) is 6.07 Å². The van der Waals surface area contributed by atoms with Gasteiger partial charge < -0.3 is 5.73 Å². The number of nitrogen functional groups attached to an aromatic ring is 1. The zero-order chi connectivity index (χ0) is 15.6. The van der Waals surface area contributed by atoms with Gasteiger partial charge in [-0.2, -0.15) is 0 Å². The maximum atomic E-state index is 13.6. The van der Waals surface area contributed by atoms with E-state index in [9.17, 15) is 12.8 Å². The molecule has 2 aromatic carbocycles. The molecule has 2 N–H and O–H groups in total. The zero-order valence-corrected chi connectivity index (χ0v) is 12.7. The van der Waals surface area contributed by atoms with Gasteiger partial charge in [0.2, 0.25) is 0 Å². The van der Waals surface area contributed by atoms with Gasteiger partial charge in [0.1, 0.15) is 5.82 Å². The van der Waals surface area contributed by atoms with Crippen molar-refractivity contribution in [1.82, 2.24) is 0 Å². The van der Waals surface area contributed by atoms with E-state index in [1.165, 1.54) is 17.3 Å². The number of anilines is 2. The molecule has 0 aliphatic carbocycles. The molecule has 0 saturated carbocycles. The minimum absolute atomic E-state index is 0.00963. The number of rotatable bonds is 4. The molecule has 0 fully saturated rings. The largest absolute Gasteiger partial charge is 0.396 e. The fourth-order valence-corrected chi connectivity index (χ4v) is 3.72. The Kier molecular flexibility index (Phi) is 4.18. The molecular weight excluding hydrogens is 291 g/mol. The van der Waals surface area contributed by atoms with Gasteiger partial charge in [-0.1, -0.05) is 18.2 Å². The molecule has 6 heteroatoms. The van der Waals surface area contributed by atoms with Crippen LogP contribution in [-0.4, -0.2) is 15.0 Å². The van der Waals surface area contributed by atoms with Crippen molar-refractivity contribution in [1.29, 1.82) is 0 Å². The number of halogens is 1. The van der Waals surface area contributed by atoms with E-state index in [-0.39, 0.29) is 22.7 Å². The predicted molar refractivity (Wildman–Crippen MR) is 82.2 cm³/mol. The number of para-hydroxylation sites is 1. The van der Waals surface area contributed by atoms with Crippen LogP contribution in [-0.2, 0) is 10.0 Å². The molecule has 0 aromatic heterocycles. The fourth-order valence-electron chi connectivity index (χ4n) is 2.12. The fraction of sp³-hybridized carbons (Fsp3) is 0.200. The molecular formula is C15H17FN2O2S. The molecule has 112 valence electrons. The van der Waals surface area contributed by atoms with Crippen molar-refractivity contribution in [2.45, 2.75) is 18.7 Å². The Morgan fingerprint density at radius 2 is 1.81 bits per heavy atom. The average molecular weight is 308 g/mol. The average Bonchev–Trinajstić information content (AvgIpc) is 2.45. The Hall–Kier alpha value is -2.08. The predicted octanol–water partition coefficient (Wildman–Crippen LogP) is 2.93. The third kappa shape index (κ3) is 2.85. The molecule has 2 aromatic rings. The smallest absolute Gasteiger partial charge is 0.264 e. The van der Waals surface area contributed by atoms with Gasteiger partial charge in [-0.3, -0.25) is 4.31 Å². The number of aryl methyl sites for hydroxylation is 1. The highest BCUT2D eigenvalue weighted by Gasteiger charge is 2.25. The Morgan fingerprint density at radius 1 is 1.19 bits per heavy atom. The van der Waals surface area contributed by atoms with Gasteiger partial charge in [-0.05, 0) is 43.7 Å². The Labute approximate surface area is 124 Å². The van der Waals surface area contributed by atoms with Crippen LogP contribution in [0.2, 0.25) is 0 Å². The minimum Gasteiger partial charge on any atom is -0.396 e. The van der Waals surface area contributed by atoms with E-state index >= 15 is 0 Å². The van der Waals surface area contributed by atoms with E-state index in [1.54, 1.807) is 31.2 Å². The lowest BCUT2D eigenvalue weighted by atomic mass is 10.2. The molecule has 0 bridgehead atoms. The van der Waals surface area contributed by atoms with Crippen molar-refractivity contribution >= 4 is 21.4 Å². The molecule has 21 heavy (non-hydrogen) atoms. The van der Waals surface area contributed by atoms with Crippen molar-refractivity contribution in [3.8, 4) is 0 Å². The molecule has 0 unspecified atom stereocenters. The second kappa shape index (κ2) is 5.73. The molecule has 4 nitrogen and oxygen atoms in total. The zero-order valence-electron chi connectivity index (χ0n) is 11.9. The maximum absolute atomic E-state index is 13.6. The van der Waals surface area contributed by atoms with Crippen LogP contribution in [0, 0.1) is 12.7 Å². The van der Waals surface area contributed by atoms with Crippen LogP contribution in [0.3, 0.4) is 0 Å². The summed E-state index contributed by atoms with van der Waals surface area (Å²) in [6.07, 6.45) is 0. The standard InChI is InChI=1S/C15H17FN2O2S/c1-3-18(12-7-5-4-6-8-12)21(19,20)13-9-11(2)15(16)14(17)10-13/h4-10H,3,17H2,1-2H3. The lowest BCUT2D eigenvalue weighted by Gasteiger charge is -2.23. The van der Waals surface area contributed by atoms with E-state index in [4.69, 9.17) is 5.73 Å². The van der Waals surface area contributed by atoms with Crippen LogP contribution in [0.25, 0.3) is 0 Å². The first kappa shape index (κ1) is 15.3. The van der Waals surface area contributed by atoms with Gasteiger partial charge in [-0.15, -0.1) is 0 Å². The van der Waals surface area contributed by atoms with Gasteiger partial charge in [-0.25, -0.2) is 12.8 Å². The molecule has 0 heterocycles. The lowest BCUT2D eigenvalue weighted by molar-refractivity contribution is 0.590. The number of sulfonamides is 1. The Balaban J connectivity index is 2.55. The summed E-state index contributed by atoms with van der Waals surface area (Å²) in [5.74, 6) is -0.586. The number of benzene rings is 2. The number of nitrogens with zero attached hydrogens (tertiary/aromatic N) is 1. The number of hydrogen-bond acceptors (Lipinski definition) is 3. The van der Waals surface area contributed by atoms with Crippen molar-refractivity contribution < 1.29 is 12.8 Å². The lowest BCUT2D eigenvalue weighted by Crippen LogP contribution is -2.30. The summed E-state index contributed by atoms with van der Waals surface area (Å²) in [7, 11) is -3.78. The van der Waals surface area contributed by atoms with Gasteiger partial charge in [0, 0.05) is 6.54 Å². The second-order valence-corrected chi connectivity index (χ2v) is 6.51. The summed E-state index contributed by atoms with van der Waals surface area (Å²) < 4.78 is 40.3. The summed E-state index contributed by atoms with van der Waals surface area (Å²) in [5, 5.41) is 0. The molecule has 2 rings (SSSR count). The van der Waals surface area contributed by atoms with Crippen LogP contribution in [0.1, 0.15) is 12.5 Å². The first-order valence-corrected chi connectivity index (χ1v) is 7.95. The van der Waals surface area contributed by atoms with Gasteiger partial charge in [0.05, 0.1) is 16.3 Å². The summed E-state index contributed by atoms with van der Waals surface area (Å²) in [6, 6.07) is 11.2. The molecule has 0 amide bonds. The molecule has 0 radical (unpaired) electrons. The summed E-state index contributed by atoms with van der Waals surface area (Å²) in [5.41, 5.74) is 6.13. The van der Waals surface area contributed by atoms with Crippen molar-refractivity contribution in [3.05, 3.63) is 53.8 Å². The summed E-state index contributed by atoms with van der Waals surface area (Å²) >= 11 is 0. The number of nitrogens with two attached hydrogens (primary N) is 1. The first-order chi connectivity index (χ1) is 9.87. The molecule has 0 saturated heterocycles. The topological polar surface area (TPSA) is 63.4 Å². The summed E-state index contributed by atoms with van der Waals surface area (Å²) in [6.45, 7) is 3.50. The van der Waals surface area contributed by atoms with Gasteiger partial charge in [0.15, 0.2) is 0 Å². The van der Waals surface area contributed by atoms with E-state index in [2.05, 4.69) is 0 Å². The maximum Gasteiger partial charge on any atom is 0.264 e. The molecule has 0 aliphatic heterocycles. The third-order valence-electron chi connectivity index (χ3n) is 3.18. The summed E-state index contributed by atoms with van der Waals surface area (Å²) in [4.78, 5) is -0.00963. The van der Waals surface area contributed by atoms with Crippen LogP contribution in [0.5, 0.6) is 0 Å². The quantitative estimate of drug-likeness (QED) is 0.883. The van der Waals surface area contributed by atoms with E-state index in [0.29, 0.717) is 5.69 Å². The van der Waals surface area contributed by atoms with Crippen LogP contribution in [0.4, 0.5) is 15.8 Å². The van der Waals surface area contributed by atoms with Gasteiger partial charge in [0.25, 0.3) is 10.0 Å². The molecule has 0 atom stereocenters. The first-order valence-electron chi connectivity index (χ1n) is 6.51. The van der Waals surface area contributed by atoms with E-state index in [0.717, 1.165) is 6.07 Å². The monoisotopic (exact) mass is 308 g/mol. The highest BCUT2D eigenvalue weighted by molar-refractivity contribution is 7.92. The Morgan fingerprint density at radius 3 is 2.33 bits per heavy atom. The minimum atomic E-state index is -3.78. The normalized spacial score (nSPS) is 11.4. The third-order valence-corrected chi connectivity index (χ3v) is 5.06. The van der Waals surface area contributed by atoms with Crippen molar-refractivity contribution in [3.63, 3.8) is 0 Å². The van der Waals surface area contributed by atoms with Crippen molar-refractivity contribution in [2.75, 3.05) is 16.6 Å². The molecule has 0 spiro atoms. The Bertz CT molecular complexity index is 723. The SMILES string of the molecule is CCN(c1ccccc1)S(=O)(=O)c1cc(C)c(F)c(N)c1. The van der Waals surface area contributed by atoms with Crippen LogP contribution < -0.4 is 10.0 Å². The van der Waals surface area contributed by atoms with Crippen molar-refractivity contribution in [2.24, 2.45) is 0 Å². The number of hydrogen-bond donors (Lipinski definition) is 1. The highest BCUT2D eigenvalue weighted by Crippen LogP contribution is 2.27. The molecule has 0 aliphatic rings. The van der Waals surface area contributed by atoms with Crippen LogP contribution >= 0.6 is 0 Å². The van der Waals surface area contributed by atoms with Gasteiger partial charge >= 0.3 is 0 Å². The highest BCUT2D eigenvalue weighted by atomic mass is 32.2. The second-order valence-electron chi connectivity index (χ2n) is 4.65.